The molecule has 3 N–H and O–H groups in total. The maximum absolute atomic E-state index is 10.2. The molecule has 1 saturated carbocycles. The molecule has 0 aromatic rings. The van der Waals surface area contributed by atoms with E-state index < -0.39 is 0 Å². The number of hydrogen-bond donors (Lipinski definition) is 2. The van der Waals surface area contributed by atoms with Crippen LogP contribution in [0.3, 0.4) is 0 Å². The molecule has 0 aromatic carbocycles. The first-order valence-corrected chi connectivity index (χ1v) is 3.25. The smallest absolute Gasteiger partial charge is 0.153 e. The third kappa shape index (κ3) is 1.23. The second-order valence-electron chi connectivity index (χ2n) is 2.45. The second kappa shape index (κ2) is 2.64. The van der Waals surface area contributed by atoms with Crippen molar-refractivity contribution in [3.05, 3.63) is 11.3 Å². The number of aldehydes is 1. The van der Waals surface area contributed by atoms with Crippen molar-refractivity contribution in [2.45, 2.75) is 12.8 Å². The molecule has 1 fully saturated rings. The summed E-state index contributed by atoms with van der Waals surface area (Å²) in [6.45, 7) is 0. The average Bonchev–Trinajstić information content (AvgIpc) is 2.71. The average molecular weight is 138 g/mol. The molecule has 0 radical (unpaired) electrons. The molecule has 0 spiro atoms. The predicted molar refractivity (Wildman–Crippen MR) is 38.8 cm³/mol. The number of nitrogens with two attached hydrogens (primary N) is 1. The van der Waals surface area contributed by atoms with E-state index in [4.69, 9.17) is 11.1 Å². The Kier molecular flexibility index (Phi) is 1.85. The van der Waals surface area contributed by atoms with Gasteiger partial charge in [-0.2, -0.15) is 0 Å². The number of carbonyl (C=O) groups is 1. The highest BCUT2D eigenvalue weighted by molar-refractivity contribution is 6.01. The van der Waals surface area contributed by atoms with Crippen LogP contribution in [0.4, 0.5) is 0 Å². The van der Waals surface area contributed by atoms with E-state index in [9.17, 15) is 4.79 Å². The zero-order chi connectivity index (χ0) is 7.56. The zero-order valence-electron chi connectivity index (χ0n) is 5.63. The topological polar surface area (TPSA) is 66.9 Å². The number of allylic oxidation sites excluding steroid dienone is 2. The van der Waals surface area contributed by atoms with Gasteiger partial charge in [0.05, 0.1) is 5.57 Å². The largest absolute Gasteiger partial charge is 0.401 e. The first-order valence-electron chi connectivity index (χ1n) is 3.25. The summed E-state index contributed by atoms with van der Waals surface area (Å²) in [7, 11) is 0. The minimum absolute atomic E-state index is 0.336. The highest BCUT2D eigenvalue weighted by Crippen LogP contribution is 2.34. The van der Waals surface area contributed by atoms with Gasteiger partial charge in [0.1, 0.15) is 0 Å². The van der Waals surface area contributed by atoms with E-state index in [2.05, 4.69) is 0 Å². The molecular formula is C7H10N2O. The summed E-state index contributed by atoms with van der Waals surface area (Å²) in [6.07, 6.45) is 3.79. The fourth-order valence-electron chi connectivity index (χ4n) is 0.815. The molecule has 0 heterocycles. The maximum atomic E-state index is 10.2. The Morgan fingerprint density at radius 1 is 1.60 bits per heavy atom. The van der Waals surface area contributed by atoms with Crippen LogP contribution in [-0.4, -0.2) is 12.5 Å². The van der Waals surface area contributed by atoms with Crippen molar-refractivity contribution in [3.8, 4) is 0 Å². The molecule has 3 nitrogen and oxygen atoms in total. The lowest BCUT2D eigenvalue weighted by molar-refractivity contribution is -0.104. The summed E-state index contributed by atoms with van der Waals surface area (Å²) in [5.41, 5.74) is 6.47. The van der Waals surface area contributed by atoms with E-state index in [1.54, 1.807) is 0 Å². The Balaban J connectivity index is 2.76. The maximum Gasteiger partial charge on any atom is 0.153 e. The molecule has 0 bridgehead atoms. The van der Waals surface area contributed by atoms with E-state index in [-0.39, 0.29) is 0 Å². The van der Waals surface area contributed by atoms with Crippen LogP contribution in [-0.2, 0) is 4.79 Å². The Bertz CT molecular complexity index is 182. The fourth-order valence-corrected chi connectivity index (χ4v) is 0.815. The Morgan fingerprint density at radius 2 is 2.20 bits per heavy atom. The third-order valence-electron chi connectivity index (χ3n) is 1.63. The minimum atomic E-state index is 0.336. The molecular weight excluding hydrogens is 128 g/mol. The van der Waals surface area contributed by atoms with Crippen molar-refractivity contribution in [3.63, 3.8) is 0 Å². The molecule has 0 atom stereocenters. The first kappa shape index (κ1) is 6.99. The predicted octanol–water partition coefficient (Wildman–Crippen LogP) is 0.458. The monoisotopic (exact) mass is 138 g/mol. The highest BCUT2D eigenvalue weighted by Gasteiger charge is 2.25. The first-order chi connectivity index (χ1) is 4.79. The molecule has 3 heteroatoms. The SMILES string of the molecule is N=CC(C=O)=C(N)C1CC1. The van der Waals surface area contributed by atoms with Gasteiger partial charge in [-0.25, -0.2) is 0 Å². The van der Waals surface area contributed by atoms with Gasteiger partial charge in [0, 0.05) is 11.9 Å². The molecule has 1 aliphatic carbocycles. The molecule has 0 unspecified atom stereocenters. The van der Waals surface area contributed by atoms with Crippen LogP contribution in [0.15, 0.2) is 11.3 Å². The summed E-state index contributed by atoms with van der Waals surface area (Å²) in [6, 6.07) is 0. The van der Waals surface area contributed by atoms with Crippen LogP contribution < -0.4 is 5.73 Å². The normalized spacial score (nSPS) is 19.6. The molecule has 1 rings (SSSR count). The standard InChI is InChI=1S/C7H10N2O/c8-3-6(4-10)7(9)5-1-2-5/h3-5,8H,1-2,9H2. The molecule has 1 aliphatic rings. The van der Waals surface area contributed by atoms with Crippen LogP contribution in [0.1, 0.15) is 12.8 Å². The molecule has 0 aliphatic heterocycles. The Hall–Kier alpha value is -1.12. The second-order valence-corrected chi connectivity index (χ2v) is 2.45. The van der Waals surface area contributed by atoms with Gasteiger partial charge in [-0.3, -0.25) is 4.79 Å². The van der Waals surface area contributed by atoms with Crippen molar-refractivity contribution in [2.75, 3.05) is 0 Å². The summed E-state index contributed by atoms with van der Waals surface area (Å²) < 4.78 is 0. The van der Waals surface area contributed by atoms with Crippen LogP contribution in [0.5, 0.6) is 0 Å². The molecule has 0 amide bonds. The van der Waals surface area contributed by atoms with Crippen LogP contribution in [0.2, 0.25) is 0 Å². The summed E-state index contributed by atoms with van der Waals surface area (Å²) in [4.78, 5) is 10.2. The summed E-state index contributed by atoms with van der Waals surface area (Å²) >= 11 is 0. The lowest BCUT2D eigenvalue weighted by atomic mass is 10.2. The Labute approximate surface area is 59.4 Å². The summed E-state index contributed by atoms with van der Waals surface area (Å²) in [5, 5.41) is 6.82. The van der Waals surface area contributed by atoms with E-state index in [0.717, 1.165) is 19.1 Å². The van der Waals surface area contributed by atoms with Gasteiger partial charge in [-0.15, -0.1) is 0 Å². The lowest BCUT2D eigenvalue weighted by Crippen LogP contribution is -2.06. The Morgan fingerprint density at radius 3 is 2.50 bits per heavy atom. The lowest BCUT2D eigenvalue weighted by Gasteiger charge is -1.97. The summed E-state index contributed by atoms with van der Waals surface area (Å²) in [5.74, 6) is 0.377. The van der Waals surface area contributed by atoms with E-state index in [1.165, 1.54) is 0 Å². The number of nitrogens with one attached hydrogen (secondary N) is 1. The van der Waals surface area contributed by atoms with Gasteiger partial charge in [-0.05, 0) is 18.8 Å². The van der Waals surface area contributed by atoms with Crippen LogP contribution in [0, 0.1) is 11.3 Å². The van der Waals surface area contributed by atoms with Gasteiger partial charge in [0.2, 0.25) is 0 Å². The minimum Gasteiger partial charge on any atom is -0.401 e. The molecule has 0 saturated heterocycles. The number of hydrogen-bond acceptors (Lipinski definition) is 3. The molecule has 54 valence electrons. The highest BCUT2D eigenvalue weighted by atomic mass is 16.1. The van der Waals surface area contributed by atoms with Crippen LogP contribution >= 0.6 is 0 Å². The van der Waals surface area contributed by atoms with E-state index >= 15 is 0 Å². The van der Waals surface area contributed by atoms with Crippen molar-refractivity contribution >= 4 is 12.5 Å². The van der Waals surface area contributed by atoms with Gasteiger partial charge < -0.3 is 11.1 Å². The van der Waals surface area contributed by atoms with Crippen LogP contribution in [0.25, 0.3) is 0 Å². The molecule has 0 aromatic heterocycles. The van der Waals surface area contributed by atoms with Crippen molar-refractivity contribution in [1.82, 2.24) is 0 Å². The van der Waals surface area contributed by atoms with Gasteiger partial charge in [0.25, 0.3) is 0 Å². The quantitative estimate of drug-likeness (QED) is 0.338. The van der Waals surface area contributed by atoms with Crippen molar-refractivity contribution in [1.29, 1.82) is 5.41 Å². The van der Waals surface area contributed by atoms with Crippen molar-refractivity contribution in [2.24, 2.45) is 11.7 Å². The van der Waals surface area contributed by atoms with Gasteiger partial charge in [-0.1, -0.05) is 0 Å². The third-order valence-corrected chi connectivity index (χ3v) is 1.63. The van der Waals surface area contributed by atoms with Gasteiger partial charge in [0.15, 0.2) is 6.29 Å². The zero-order valence-corrected chi connectivity index (χ0v) is 5.63. The molecule has 10 heavy (non-hydrogen) atoms. The van der Waals surface area contributed by atoms with Crippen molar-refractivity contribution < 1.29 is 4.79 Å². The number of rotatable bonds is 3. The van der Waals surface area contributed by atoms with E-state index in [1.807, 2.05) is 0 Å². The fraction of sp³-hybridized carbons (Fsp3) is 0.429. The van der Waals surface area contributed by atoms with E-state index in [0.29, 0.717) is 23.5 Å². The number of carbonyl (C=O) groups excluding carboxylic acids is 1. The van der Waals surface area contributed by atoms with Gasteiger partial charge >= 0.3 is 0 Å².